The van der Waals surface area contributed by atoms with Crippen LogP contribution in [0.4, 0.5) is 0 Å². The van der Waals surface area contributed by atoms with E-state index in [1.165, 1.54) is 0 Å². The van der Waals surface area contributed by atoms with Gasteiger partial charge in [0.05, 0.1) is 0 Å². The van der Waals surface area contributed by atoms with E-state index in [1.807, 2.05) is 24.3 Å². The maximum atomic E-state index is 9.66. The zero-order valence-corrected chi connectivity index (χ0v) is 9.40. The second-order valence-corrected chi connectivity index (χ2v) is 3.87. The minimum Gasteiger partial charge on any atom is -0.508 e. The van der Waals surface area contributed by atoms with Gasteiger partial charge in [0.1, 0.15) is 5.75 Å². The van der Waals surface area contributed by atoms with Gasteiger partial charge in [-0.15, -0.1) is 6.58 Å². The predicted octanol–water partition coefficient (Wildman–Crippen LogP) is 3.01. The third-order valence-corrected chi connectivity index (χ3v) is 2.46. The molecule has 0 aliphatic heterocycles. The normalized spacial score (nSPS) is 14.5. The molecule has 0 saturated heterocycles. The van der Waals surface area contributed by atoms with Gasteiger partial charge < -0.3 is 10.4 Å². The predicted molar refractivity (Wildman–Crippen MR) is 63.9 cm³/mol. The van der Waals surface area contributed by atoms with E-state index in [-0.39, 0.29) is 6.04 Å². The van der Waals surface area contributed by atoms with Gasteiger partial charge in [0.15, 0.2) is 0 Å². The van der Waals surface area contributed by atoms with Gasteiger partial charge in [0, 0.05) is 17.6 Å². The molecule has 2 unspecified atom stereocenters. The number of benzene rings is 1. The van der Waals surface area contributed by atoms with Crippen LogP contribution in [0.25, 0.3) is 0 Å². The van der Waals surface area contributed by atoms with Crippen LogP contribution in [-0.4, -0.2) is 11.1 Å². The van der Waals surface area contributed by atoms with E-state index in [9.17, 15) is 5.11 Å². The number of hydrogen-bond acceptors (Lipinski definition) is 2. The van der Waals surface area contributed by atoms with Gasteiger partial charge in [0.2, 0.25) is 0 Å². The van der Waals surface area contributed by atoms with Crippen molar-refractivity contribution in [3.63, 3.8) is 0 Å². The highest BCUT2D eigenvalue weighted by Crippen LogP contribution is 2.23. The smallest absolute Gasteiger partial charge is 0.120 e. The van der Waals surface area contributed by atoms with Crippen LogP contribution in [0.3, 0.4) is 0 Å². The standard InChI is InChI=1S/C13H19NO/c1-4-7-10(2)14-11(3)12-8-5-6-9-13(12)15/h4-6,8-11,14-15H,1,7H2,2-3H3. The third-order valence-electron chi connectivity index (χ3n) is 2.46. The van der Waals surface area contributed by atoms with Crippen molar-refractivity contribution in [3.05, 3.63) is 42.5 Å². The van der Waals surface area contributed by atoms with Gasteiger partial charge in [-0.05, 0) is 26.3 Å². The molecule has 0 saturated carbocycles. The van der Waals surface area contributed by atoms with Crippen LogP contribution >= 0.6 is 0 Å². The molecule has 1 aromatic rings. The Morgan fingerprint density at radius 1 is 1.40 bits per heavy atom. The van der Waals surface area contributed by atoms with Crippen molar-refractivity contribution in [2.75, 3.05) is 0 Å². The fourth-order valence-corrected chi connectivity index (χ4v) is 1.69. The Hall–Kier alpha value is -1.28. The molecule has 0 bridgehead atoms. The minimum atomic E-state index is 0.154. The third kappa shape index (κ3) is 3.40. The van der Waals surface area contributed by atoms with Gasteiger partial charge in [-0.25, -0.2) is 0 Å². The number of nitrogens with one attached hydrogen (secondary N) is 1. The maximum Gasteiger partial charge on any atom is 0.120 e. The quantitative estimate of drug-likeness (QED) is 0.724. The van der Waals surface area contributed by atoms with Crippen LogP contribution in [0.2, 0.25) is 0 Å². The van der Waals surface area contributed by atoms with E-state index in [4.69, 9.17) is 0 Å². The van der Waals surface area contributed by atoms with Crippen LogP contribution in [-0.2, 0) is 0 Å². The average Bonchev–Trinajstić information content (AvgIpc) is 2.18. The maximum absolute atomic E-state index is 9.66. The van der Waals surface area contributed by atoms with Gasteiger partial charge in [0.25, 0.3) is 0 Å². The van der Waals surface area contributed by atoms with Crippen molar-refractivity contribution in [1.29, 1.82) is 0 Å². The zero-order chi connectivity index (χ0) is 11.3. The number of phenolic OH excluding ortho intramolecular Hbond substituents is 1. The summed E-state index contributed by atoms with van der Waals surface area (Å²) in [6, 6.07) is 7.95. The Morgan fingerprint density at radius 2 is 2.07 bits per heavy atom. The number of aromatic hydroxyl groups is 1. The fourth-order valence-electron chi connectivity index (χ4n) is 1.69. The fraction of sp³-hybridized carbons (Fsp3) is 0.385. The lowest BCUT2D eigenvalue weighted by molar-refractivity contribution is 0.435. The first-order valence-electron chi connectivity index (χ1n) is 5.30. The van der Waals surface area contributed by atoms with Crippen molar-refractivity contribution in [2.24, 2.45) is 0 Å². The van der Waals surface area contributed by atoms with Gasteiger partial charge in [-0.2, -0.15) is 0 Å². The molecule has 0 aromatic heterocycles. The highest BCUT2D eigenvalue weighted by atomic mass is 16.3. The molecule has 1 aromatic carbocycles. The molecule has 0 aliphatic rings. The summed E-state index contributed by atoms with van der Waals surface area (Å²) in [6.45, 7) is 7.87. The lowest BCUT2D eigenvalue weighted by Crippen LogP contribution is -2.28. The molecule has 2 atom stereocenters. The van der Waals surface area contributed by atoms with Crippen LogP contribution in [0.1, 0.15) is 31.9 Å². The number of rotatable bonds is 5. The molecule has 0 radical (unpaired) electrons. The Morgan fingerprint density at radius 3 is 2.67 bits per heavy atom. The lowest BCUT2D eigenvalue weighted by Gasteiger charge is -2.20. The second kappa shape index (κ2) is 5.56. The highest BCUT2D eigenvalue weighted by molar-refractivity contribution is 5.34. The van der Waals surface area contributed by atoms with Crippen molar-refractivity contribution < 1.29 is 5.11 Å². The van der Waals surface area contributed by atoms with Crippen molar-refractivity contribution in [1.82, 2.24) is 5.32 Å². The molecule has 0 aliphatic carbocycles. The van der Waals surface area contributed by atoms with Crippen LogP contribution < -0.4 is 5.32 Å². The molecule has 82 valence electrons. The molecule has 0 fully saturated rings. The summed E-state index contributed by atoms with van der Waals surface area (Å²) in [5.74, 6) is 0.350. The molecule has 0 spiro atoms. The molecular weight excluding hydrogens is 186 g/mol. The van der Waals surface area contributed by atoms with Crippen LogP contribution in [0.15, 0.2) is 36.9 Å². The number of hydrogen-bond donors (Lipinski definition) is 2. The molecule has 0 amide bonds. The summed E-state index contributed by atoms with van der Waals surface area (Å²) >= 11 is 0. The Kier molecular flexibility index (Phi) is 4.37. The second-order valence-electron chi connectivity index (χ2n) is 3.87. The van der Waals surface area contributed by atoms with Crippen LogP contribution in [0.5, 0.6) is 5.75 Å². The molecule has 0 heterocycles. The first-order valence-corrected chi connectivity index (χ1v) is 5.30. The van der Waals surface area contributed by atoms with Crippen LogP contribution in [0, 0.1) is 0 Å². The van der Waals surface area contributed by atoms with E-state index >= 15 is 0 Å². The molecule has 2 heteroatoms. The van der Waals surface area contributed by atoms with Crippen molar-refractivity contribution in [3.8, 4) is 5.75 Å². The Bertz CT molecular complexity index is 322. The largest absolute Gasteiger partial charge is 0.508 e. The first kappa shape index (κ1) is 11.8. The number of phenols is 1. The molecular formula is C13H19NO. The summed E-state index contributed by atoms with van der Waals surface area (Å²) in [6.07, 6.45) is 2.83. The van der Waals surface area contributed by atoms with Gasteiger partial charge in [-0.3, -0.25) is 0 Å². The molecule has 2 nitrogen and oxygen atoms in total. The summed E-state index contributed by atoms with van der Waals surface area (Å²) < 4.78 is 0. The topological polar surface area (TPSA) is 32.3 Å². The monoisotopic (exact) mass is 205 g/mol. The average molecular weight is 205 g/mol. The molecule has 15 heavy (non-hydrogen) atoms. The van der Waals surface area contributed by atoms with E-state index < -0.39 is 0 Å². The zero-order valence-electron chi connectivity index (χ0n) is 9.40. The molecule has 1 rings (SSSR count). The first-order chi connectivity index (χ1) is 7.15. The number of para-hydroxylation sites is 1. The summed E-state index contributed by atoms with van der Waals surface area (Å²) in [4.78, 5) is 0. The van der Waals surface area contributed by atoms with E-state index in [0.717, 1.165) is 12.0 Å². The molecule has 2 N–H and O–H groups in total. The summed E-state index contributed by atoms with van der Waals surface area (Å²) in [7, 11) is 0. The Balaban J connectivity index is 2.64. The van der Waals surface area contributed by atoms with E-state index in [0.29, 0.717) is 11.8 Å². The SMILES string of the molecule is C=CCC(C)NC(C)c1ccccc1O. The minimum absolute atomic E-state index is 0.154. The summed E-state index contributed by atoms with van der Waals surface area (Å²) in [5.41, 5.74) is 0.938. The van der Waals surface area contributed by atoms with E-state index in [2.05, 4.69) is 25.7 Å². The van der Waals surface area contributed by atoms with Crippen molar-refractivity contribution in [2.45, 2.75) is 32.4 Å². The van der Waals surface area contributed by atoms with Gasteiger partial charge >= 0.3 is 0 Å². The summed E-state index contributed by atoms with van der Waals surface area (Å²) in [5, 5.41) is 13.1. The van der Waals surface area contributed by atoms with Gasteiger partial charge in [-0.1, -0.05) is 24.3 Å². The highest BCUT2D eigenvalue weighted by Gasteiger charge is 2.11. The lowest BCUT2D eigenvalue weighted by atomic mass is 10.1. The van der Waals surface area contributed by atoms with E-state index in [1.54, 1.807) is 6.07 Å². The Labute approximate surface area is 91.6 Å². The van der Waals surface area contributed by atoms with Crippen molar-refractivity contribution >= 4 is 0 Å².